The minimum atomic E-state index is 1.09. The molecule has 0 aromatic heterocycles. The Balaban J connectivity index is -0.000000438. The predicted molar refractivity (Wildman–Crippen MR) is 113 cm³/mol. The summed E-state index contributed by atoms with van der Waals surface area (Å²) in [7, 11) is 0. The van der Waals surface area contributed by atoms with Crippen molar-refractivity contribution >= 4 is 11.8 Å². The third-order valence-electron chi connectivity index (χ3n) is 2.22. The number of hydrogen-bond acceptors (Lipinski definition) is 1. The van der Waals surface area contributed by atoms with Gasteiger partial charge in [0.1, 0.15) is 0 Å². The van der Waals surface area contributed by atoms with Gasteiger partial charge < -0.3 is 0 Å². The van der Waals surface area contributed by atoms with Gasteiger partial charge in [-0.15, -0.1) is 0 Å². The molecule has 0 nitrogen and oxygen atoms in total. The van der Waals surface area contributed by atoms with E-state index in [2.05, 4.69) is 60.7 Å². The van der Waals surface area contributed by atoms with Gasteiger partial charge in [0.2, 0.25) is 0 Å². The van der Waals surface area contributed by atoms with Crippen LogP contribution in [0.25, 0.3) is 0 Å². The van der Waals surface area contributed by atoms with E-state index in [1.165, 1.54) is 11.1 Å². The third kappa shape index (κ3) is 17.0. The average Bonchev–Trinajstić information content (AvgIpc) is 2.70. The van der Waals surface area contributed by atoms with Crippen LogP contribution in [0.2, 0.25) is 0 Å². The number of rotatable bonds is 4. The summed E-state index contributed by atoms with van der Waals surface area (Å²) in [6, 6.07) is 21.2. The number of benzene rings is 2. The van der Waals surface area contributed by atoms with Crippen LogP contribution in [0.5, 0.6) is 0 Å². The highest BCUT2D eigenvalue weighted by molar-refractivity contribution is 7.97. The molecule has 0 spiro atoms. The fraction of sp³-hybridized carbons (Fsp3) is 0.455. The van der Waals surface area contributed by atoms with Gasteiger partial charge >= 0.3 is 0 Å². The molecule has 0 heterocycles. The molecular formula is C22H38S. The lowest BCUT2D eigenvalue weighted by molar-refractivity contribution is 1.36. The van der Waals surface area contributed by atoms with Crippen molar-refractivity contribution in [3.63, 3.8) is 0 Å². The van der Waals surface area contributed by atoms with Crippen LogP contribution in [0.1, 0.15) is 66.5 Å². The SMILES string of the molecule is CC.CC.CC.CC.c1ccc(CSCc2ccccc2)cc1. The minimum absolute atomic E-state index is 1.09. The molecule has 0 saturated carbocycles. The molecule has 2 aromatic carbocycles. The fourth-order valence-corrected chi connectivity index (χ4v) is 2.39. The largest absolute Gasteiger partial charge is 0.152 e. The standard InChI is InChI=1S/C14H14S.4C2H6/c1-3-7-13(8-4-1)11-15-12-14-9-5-2-6-10-14;4*1-2/h1-10H,11-12H2;4*1-2H3. The van der Waals surface area contributed by atoms with Gasteiger partial charge in [-0.05, 0) is 11.1 Å². The van der Waals surface area contributed by atoms with Crippen LogP contribution in [-0.2, 0) is 11.5 Å². The first-order chi connectivity index (χ1) is 11.4. The first-order valence-corrected chi connectivity index (χ1v) is 10.3. The normalized spacial score (nSPS) is 7.65. The van der Waals surface area contributed by atoms with Crippen molar-refractivity contribution in [2.45, 2.75) is 66.9 Å². The van der Waals surface area contributed by atoms with E-state index in [1.807, 2.05) is 67.2 Å². The monoisotopic (exact) mass is 334 g/mol. The quantitative estimate of drug-likeness (QED) is 0.542. The number of hydrogen-bond donors (Lipinski definition) is 0. The summed E-state index contributed by atoms with van der Waals surface area (Å²) in [6.07, 6.45) is 0. The molecule has 0 aliphatic heterocycles. The highest BCUT2D eigenvalue weighted by atomic mass is 32.2. The molecule has 23 heavy (non-hydrogen) atoms. The Morgan fingerprint density at radius 2 is 0.739 bits per heavy atom. The summed E-state index contributed by atoms with van der Waals surface area (Å²) in [5.74, 6) is 2.19. The van der Waals surface area contributed by atoms with Crippen molar-refractivity contribution in [1.82, 2.24) is 0 Å². The molecule has 2 aromatic rings. The Kier molecular flexibility index (Phi) is 29.8. The molecule has 0 unspecified atom stereocenters. The molecule has 0 aliphatic carbocycles. The molecule has 1 heteroatoms. The number of thioether (sulfide) groups is 1. The summed E-state index contributed by atoms with van der Waals surface area (Å²) in [4.78, 5) is 0. The molecule has 0 aliphatic rings. The minimum Gasteiger partial charge on any atom is -0.152 e. The Morgan fingerprint density at radius 1 is 0.478 bits per heavy atom. The zero-order valence-electron chi connectivity index (χ0n) is 16.6. The smallest absolute Gasteiger partial charge is 0.0187 e. The van der Waals surface area contributed by atoms with Gasteiger partial charge in [-0.25, -0.2) is 0 Å². The summed E-state index contributed by atoms with van der Waals surface area (Å²) in [5.41, 5.74) is 2.80. The van der Waals surface area contributed by atoms with Crippen molar-refractivity contribution < 1.29 is 0 Å². The van der Waals surface area contributed by atoms with Crippen LogP contribution in [0.4, 0.5) is 0 Å². The maximum Gasteiger partial charge on any atom is 0.0187 e. The second kappa shape index (κ2) is 25.7. The van der Waals surface area contributed by atoms with Crippen LogP contribution in [0.3, 0.4) is 0 Å². The van der Waals surface area contributed by atoms with Gasteiger partial charge in [0, 0.05) is 11.5 Å². The van der Waals surface area contributed by atoms with E-state index in [0.29, 0.717) is 0 Å². The van der Waals surface area contributed by atoms with Crippen LogP contribution in [-0.4, -0.2) is 0 Å². The molecule has 0 bridgehead atoms. The third-order valence-corrected chi connectivity index (χ3v) is 3.30. The Morgan fingerprint density at radius 3 is 1.00 bits per heavy atom. The van der Waals surface area contributed by atoms with Crippen molar-refractivity contribution in [1.29, 1.82) is 0 Å². The maximum absolute atomic E-state index is 2.18. The van der Waals surface area contributed by atoms with Crippen LogP contribution < -0.4 is 0 Å². The topological polar surface area (TPSA) is 0 Å². The highest BCUT2D eigenvalue weighted by Crippen LogP contribution is 2.17. The van der Waals surface area contributed by atoms with E-state index in [4.69, 9.17) is 0 Å². The van der Waals surface area contributed by atoms with Crippen molar-refractivity contribution in [2.24, 2.45) is 0 Å². The van der Waals surface area contributed by atoms with Gasteiger partial charge in [0.25, 0.3) is 0 Å². The van der Waals surface area contributed by atoms with Crippen LogP contribution >= 0.6 is 11.8 Å². The summed E-state index contributed by atoms with van der Waals surface area (Å²) in [6.45, 7) is 16.0. The summed E-state index contributed by atoms with van der Waals surface area (Å²) >= 11 is 1.96. The Bertz CT molecular complexity index is 342. The van der Waals surface area contributed by atoms with E-state index in [0.717, 1.165) is 11.5 Å². The molecule has 0 atom stereocenters. The van der Waals surface area contributed by atoms with Gasteiger partial charge in [0.15, 0.2) is 0 Å². The van der Waals surface area contributed by atoms with E-state index in [1.54, 1.807) is 0 Å². The fourth-order valence-electron chi connectivity index (χ4n) is 1.44. The van der Waals surface area contributed by atoms with Crippen molar-refractivity contribution in [2.75, 3.05) is 0 Å². The molecule has 0 amide bonds. The lowest BCUT2D eigenvalue weighted by Gasteiger charge is -2.01. The lowest BCUT2D eigenvalue weighted by atomic mass is 10.2. The molecule has 0 fully saturated rings. The van der Waals surface area contributed by atoms with Crippen molar-refractivity contribution in [3.8, 4) is 0 Å². The zero-order valence-corrected chi connectivity index (χ0v) is 17.4. The van der Waals surface area contributed by atoms with Gasteiger partial charge in [-0.2, -0.15) is 11.8 Å². The molecule has 132 valence electrons. The molecule has 2 rings (SSSR count). The van der Waals surface area contributed by atoms with E-state index in [-0.39, 0.29) is 0 Å². The van der Waals surface area contributed by atoms with Gasteiger partial charge in [-0.3, -0.25) is 0 Å². The zero-order chi connectivity index (χ0) is 18.3. The Hall–Kier alpha value is -1.21. The van der Waals surface area contributed by atoms with Crippen LogP contribution in [0, 0.1) is 0 Å². The van der Waals surface area contributed by atoms with E-state index >= 15 is 0 Å². The summed E-state index contributed by atoms with van der Waals surface area (Å²) in [5, 5.41) is 0. The average molecular weight is 335 g/mol. The highest BCUT2D eigenvalue weighted by Gasteiger charge is 1.93. The first kappa shape index (κ1) is 26.7. The van der Waals surface area contributed by atoms with E-state index < -0.39 is 0 Å². The second-order valence-electron chi connectivity index (χ2n) is 3.46. The van der Waals surface area contributed by atoms with Gasteiger partial charge in [0.05, 0.1) is 0 Å². The van der Waals surface area contributed by atoms with Crippen molar-refractivity contribution in [3.05, 3.63) is 71.8 Å². The molecule has 0 N–H and O–H groups in total. The Labute approximate surface area is 150 Å². The summed E-state index contributed by atoms with van der Waals surface area (Å²) < 4.78 is 0. The second-order valence-corrected chi connectivity index (χ2v) is 4.45. The molecular weight excluding hydrogens is 296 g/mol. The predicted octanol–water partition coefficient (Wildman–Crippen LogP) is 8.22. The van der Waals surface area contributed by atoms with Gasteiger partial charge in [-0.1, -0.05) is 116 Å². The maximum atomic E-state index is 2.18. The first-order valence-electron chi connectivity index (χ1n) is 9.11. The molecule has 0 saturated heterocycles. The van der Waals surface area contributed by atoms with E-state index in [9.17, 15) is 0 Å². The van der Waals surface area contributed by atoms with Crippen LogP contribution in [0.15, 0.2) is 60.7 Å². The molecule has 0 radical (unpaired) electrons. The lowest BCUT2D eigenvalue weighted by Crippen LogP contribution is -1.82.